The Labute approximate surface area is 189 Å². The van der Waals surface area contributed by atoms with Gasteiger partial charge < -0.3 is 24.4 Å². The number of cyclic esters (lactones) is 1. The van der Waals surface area contributed by atoms with Crippen molar-refractivity contribution in [1.82, 2.24) is 0 Å². The molecule has 0 radical (unpaired) electrons. The normalized spacial score (nSPS) is 49.9. The summed E-state index contributed by atoms with van der Waals surface area (Å²) in [6.07, 6.45) is 6.87. The molecule has 178 valence electrons. The van der Waals surface area contributed by atoms with Crippen LogP contribution in [-0.4, -0.2) is 53.9 Å². The van der Waals surface area contributed by atoms with Crippen LogP contribution in [0.15, 0.2) is 11.6 Å². The molecule has 0 aromatic carbocycles. The van der Waals surface area contributed by atoms with E-state index in [2.05, 4.69) is 18.6 Å². The highest BCUT2D eigenvalue weighted by Gasteiger charge is 2.70. The number of ether oxygens (including phenoxy) is 3. The van der Waals surface area contributed by atoms with Crippen LogP contribution in [0, 0.1) is 34.5 Å². The fourth-order valence-electron chi connectivity index (χ4n) is 8.74. The van der Waals surface area contributed by atoms with Crippen LogP contribution in [0.2, 0.25) is 0 Å². The molecule has 7 heteroatoms. The van der Waals surface area contributed by atoms with Gasteiger partial charge in [0.05, 0.1) is 18.8 Å². The molecule has 0 aromatic heterocycles. The number of carbonyl (C=O) groups excluding carboxylic acids is 2. The van der Waals surface area contributed by atoms with Crippen molar-refractivity contribution in [3.05, 3.63) is 11.6 Å². The van der Waals surface area contributed by atoms with E-state index in [9.17, 15) is 19.8 Å². The van der Waals surface area contributed by atoms with Gasteiger partial charge in [0.2, 0.25) is 0 Å². The zero-order valence-electron chi connectivity index (χ0n) is 19.3. The molecule has 0 saturated heterocycles. The summed E-state index contributed by atoms with van der Waals surface area (Å²) < 4.78 is 15.3. The molecule has 1 heterocycles. The first kappa shape index (κ1) is 22.2. The molecule has 1 aliphatic heterocycles. The number of fused-ring (bicyclic) bond motifs is 5. The van der Waals surface area contributed by atoms with E-state index in [1.165, 1.54) is 13.2 Å². The molecular formula is C25H36O7. The van der Waals surface area contributed by atoms with Gasteiger partial charge in [0, 0.05) is 23.8 Å². The molecule has 0 amide bonds. The summed E-state index contributed by atoms with van der Waals surface area (Å²) in [6.45, 7) is 4.70. The highest BCUT2D eigenvalue weighted by atomic mass is 16.7. The predicted octanol–water partition coefficient (Wildman–Crippen LogP) is 3.37. The summed E-state index contributed by atoms with van der Waals surface area (Å²) in [4.78, 5) is 23.3. The first-order valence-corrected chi connectivity index (χ1v) is 12.1. The zero-order chi connectivity index (χ0) is 22.9. The molecular weight excluding hydrogens is 412 g/mol. The molecule has 4 fully saturated rings. The van der Waals surface area contributed by atoms with Gasteiger partial charge in [0.1, 0.15) is 12.7 Å². The molecule has 2 N–H and O–H groups in total. The van der Waals surface area contributed by atoms with Crippen LogP contribution in [0.25, 0.3) is 0 Å². The number of aliphatic hydroxyl groups is 2. The zero-order valence-corrected chi connectivity index (χ0v) is 19.3. The number of hydrogen-bond donors (Lipinski definition) is 2. The van der Waals surface area contributed by atoms with Gasteiger partial charge in [-0.25, -0.2) is 9.59 Å². The second-order valence-electron chi connectivity index (χ2n) is 11.4. The van der Waals surface area contributed by atoms with Crippen molar-refractivity contribution in [3.63, 3.8) is 0 Å². The van der Waals surface area contributed by atoms with E-state index in [4.69, 9.17) is 9.47 Å². The maximum absolute atomic E-state index is 12.2. The maximum Gasteiger partial charge on any atom is 0.508 e. The lowest BCUT2D eigenvalue weighted by Gasteiger charge is -2.63. The van der Waals surface area contributed by atoms with Crippen LogP contribution < -0.4 is 0 Å². The van der Waals surface area contributed by atoms with E-state index in [1.807, 2.05) is 0 Å². The lowest BCUT2D eigenvalue weighted by molar-refractivity contribution is -0.208. The number of aliphatic hydroxyl groups excluding tert-OH is 1. The minimum absolute atomic E-state index is 0.0880. The first-order chi connectivity index (χ1) is 15.1. The molecule has 9 atom stereocenters. The Kier molecular flexibility index (Phi) is 5.17. The predicted molar refractivity (Wildman–Crippen MR) is 114 cm³/mol. The van der Waals surface area contributed by atoms with Crippen molar-refractivity contribution in [3.8, 4) is 0 Å². The highest BCUT2D eigenvalue weighted by molar-refractivity contribution is 5.85. The fourth-order valence-corrected chi connectivity index (χ4v) is 8.74. The third-order valence-corrected chi connectivity index (χ3v) is 10.3. The van der Waals surface area contributed by atoms with Crippen molar-refractivity contribution in [2.75, 3.05) is 13.7 Å². The largest absolute Gasteiger partial charge is 0.508 e. The second-order valence-corrected chi connectivity index (χ2v) is 11.4. The lowest BCUT2D eigenvalue weighted by Crippen LogP contribution is -2.62. The third-order valence-electron chi connectivity index (χ3n) is 10.3. The SMILES string of the molecule is COC(=O)OC1CCC2(C)C(CCC3C2CCC2(C)[C@@H](C4=CC(=O)OC4)C(O)CC32O)C1. The fraction of sp³-hybridized carbons (Fsp3) is 0.840. The molecule has 4 saturated carbocycles. The molecule has 32 heavy (non-hydrogen) atoms. The second kappa shape index (κ2) is 7.45. The summed E-state index contributed by atoms with van der Waals surface area (Å²) in [5, 5.41) is 23.3. The quantitative estimate of drug-likeness (QED) is 0.625. The van der Waals surface area contributed by atoms with E-state index in [0.717, 1.165) is 50.5 Å². The van der Waals surface area contributed by atoms with Gasteiger partial charge in [0.15, 0.2) is 0 Å². The summed E-state index contributed by atoms with van der Waals surface area (Å²) in [5.41, 5.74) is -0.508. The number of hydrogen-bond acceptors (Lipinski definition) is 7. The molecule has 5 rings (SSSR count). The van der Waals surface area contributed by atoms with Crippen molar-refractivity contribution < 1.29 is 34.0 Å². The average Bonchev–Trinajstić information content (AvgIpc) is 3.25. The Morgan fingerprint density at radius 2 is 1.94 bits per heavy atom. The standard InChI is InChI=1S/C25H36O7/c1-23-8-6-16(32-22(28)30-3)11-15(23)4-5-18-17(23)7-9-24(2)21(14-10-20(27)31-13-14)19(26)12-25(18,24)29/h10,15-19,21,26,29H,4-9,11-13H2,1-3H3/t15?,16?,17?,18?,19?,21-,23?,24?,25?/m0/s1. The first-order valence-electron chi connectivity index (χ1n) is 12.1. The van der Waals surface area contributed by atoms with E-state index in [1.54, 1.807) is 0 Å². The van der Waals surface area contributed by atoms with Crippen LogP contribution in [-0.2, 0) is 19.0 Å². The van der Waals surface area contributed by atoms with Crippen LogP contribution in [0.3, 0.4) is 0 Å². The highest BCUT2D eigenvalue weighted by Crippen LogP contribution is 2.70. The van der Waals surface area contributed by atoms with Gasteiger partial charge in [0.25, 0.3) is 0 Å². The Bertz CT molecular complexity index is 838. The smallest absolute Gasteiger partial charge is 0.458 e. The maximum atomic E-state index is 12.2. The summed E-state index contributed by atoms with van der Waals surface area (Å²) >= 11 is 0. The summed E-state index contributed by atoms with van der Waals surface area (Å²) in [6, 6.07) is 0. The van der Waals surface area contributed by atoms with E-state index < -0.39 is 23.3 Å². The van der Waals surface area contributed by atoms with Gasteiger partial charge in [-0.05, 0) is 73.7 Å². The minimum Gasteiger partial charge on any atom is -0.458 e. The van der Waals surface area contributed by atoms with E-state index in [-0.39, 0.29) is 35.9 Å². The molecule has 8 unspecified atom stereocenters. The van der Waals surface area contributed by atoms with Crippen molar-refractivity contribution >= 4 is 12.1 Å². The summed E-state index contributed by atoms with van der Waals surface area (Å²) in [7, 11) is 1.34. The molecule has 0 spiro atoms. The van der Waals surface area contributed by atoms with Crippen LogP contribution in [0.4, 0.5) is 4.79 Å². The van der Waals surface area contributed by atoms with Gasteiger partial charge in [-0.3, -0.25) is 0 Å². The molecule has 0 aromatic rings. The molecule has 7 nitrogen and oxygen atoms in total. The van der Waals surface area contributed by atoms with Crippen LogP contribution >= 0.6 is 0 Å². The Balaban J connectivity index is 1.40. The van der Waals surface area contributed by atoms with E-state index in [0.29, 0.717) is 18.3 Å². The van der Waals surface area contributed by atoms with Crippen LogP contribution in [0.5, 0.6) is 0 Å². The molecule has 0 bridgehead atoms. The van der Waals surface area contributed by atoms with E-state index >= 15 is 0 Å². The number of rotatable bonds is 2. The number of carbonyl (C=O) groups is 2. The van der Waals surface area contributed by atoms with Crippen LogP contribution in [0.1, 0.15) is 65.2 Å². The topological polar surface area (TPSA) is 102 Å². The Morgan fingerprint density at radius 3 is 2.62 bits per heavy atom. The minimum atomic E-state index is -0.959. The van der Waals surface area contributed by atoms with Crippen molar-refractivity contribution in [2.45, 2.75) is 83.0 Å². The molecule has 4 aliphatic carbocycles. The number of esters is 1. The van der Waals surface area contributed by atoms with Crippen molar-refractivity contribution in [2.24, 2.45) is 34.5 Å². The number of methoxy groups -OCH3 is 1. The summed E-state index contributed by atoms with van der Waals surface area (Å²) in [5.74, 6) is 0.359. The van der Waals surface area contributed by atoms with Crippen molar-refractivity contribution in [1.29, 1.82) is 0 Å². The third kappa shape index (κ3) is 2.99. The van der Waals surface area contributed by atoms with Gasteiger partial charge in [-0.15, -0.1) is 0 Å². The Hall–Kier alpha value is -1.60. The average molecular weight is 449 g/mol. The van der Waals surface area contributed by atoms with Gasteiger partial charge >= 0.3 is 12.1 Å². The molecule has 5 aliphatic rings. The van der Waals surface area contributed by atoms with Gasteiger partial charge in [-0.2, -0.15) is 0 Å². The lowest BCUT2D eigenvalue weighted by atomic mass is 9.43. The monoisotopic (exact) mass is 448 g/mol. The Morgan fingerprint density at radius 1 is 1.16 bits per heavy atom. The van der Waals surface area contributed by atoms with Gasteiger partial charge in [-0.1, -0.05) is 13.8 Å².